The van der Waals surface area contributed by atoms with Crippen molar-refractivity contribution in [1.82, 2.24) is 0 Å². The minimum Gasteiger partial charge on any atom is -0.374 e. The maximum absolute atomic E-state index is 12.5. The van der Waals surface area contributed by atoms with Crippen LogP contribution in [0, 0.1) is 6.92 Å². The number of hydrogen-bond donors (Lipinski definition) is 2. The van der Waals surface area contributed by atoms with Gasteiger partial charge in [0.15, 0.2) is 0 Å². The number of carbonyl (C=O) groups is 1. The van der Waals surface area contributed by atoms with Crippen molar-refractivity contribution >= 4 is 34.6 Å². The van der Waals surface area contributed by atoms with E-state index in [-0.39, 0.29) is 11.9 Å². The molecular weight excluding hydrogens is 346 g/mol. The lowest BCUT2D eigenvalue weighted by Gasteiger charge is -2.29. The van der Waals surface area contributed by atoms with Crippen LogP contribution in [0.1, 0.15) is 31.7 Å². The fourth-order valence-corrected chi connectivity index (χ4v) is 3.39. The van der Waals surface area contributed by atoms with Crippen molar-refractivity contribution in [2.75, 3.05) is 28.6 Å². The smallest absolute Gasteiger partial charge is 0.246 e. The van der Waals surface area contributed by atoms with E-state index in [1.807, 2.05) is 44.2 Å². The molecule has 26 heavy (non-hydrogen) atoms. The van der Waals surface area contributed by atoms with Crippen LogP contribution in [-0.2, 0) is 4.79 Å². The van der Waals surface area contributed by atoms with Crippen LogP contribution in [0.15, 0.2) is 42.5 Å². The van der Waals surface area contributed by atoms with E-state index in [4.69, 9.17) is 11.6 Å². The summed E-state index contributed by atoms with van der Waals surface area (Å²) in [4.78, 5) is 14.9. The van der Waals surface area contributed by atoms with Crippen LogP contribution in [0.3, 0.4) is 0 Å². The molecule has 2 N–H and O–H groups in total. The monoisotopic (exact) mass is 371 g/mol. The Morgan fingerprint density at radius 1 is 1.08 bits per heavy atom. The van der Waals surface area contributed by atoms with Crippen LogP contribution in [0.4, 0.5) is 17.1 Å². The molecule has 4 nitrogen and oxygen atoms in total. The van der Waals surface area contributed by atoms with Gasteiger partial charge in [0.2, 0.25) is 5.91 Å². The number of carbonyl (C=O) groups excluding carboxylic acids is 1. The first kappa shape index (κ1) is 18.6. The first-order valence-corrected chi connectivity index (χ1v) is 9.60. The van der Waals surface area contributed by atoms with E-state index in [2.05, 4.69) is 27.7 Å². The molecule has 0 unspecified atom stereocenters. The second-order valence-corrected chi connectivity index (χ2v) is 7.27. The molecule has 2 aromatic rings. The Balaban J connectivity index is 1.59. The first-order chi connectivity index (χ1) is 12.5. The van der Waals surface area contributed by atoms with Crippen molar-refractivity contribution in [2.24, 2.45) is 0 Å². The topological polar surface area (TPSA) is 44.4 Å². The number of amides is 1. The lowest BCUT2D eigenvalue weighted by molar-refractivity contribution is -0.116. The fourth-order valence-electron chi connectivity index (χ4n) is 3.22. The van der Waals surface area contributed by atoms with E-state index in [9.17, 15) is 4.79 Å². The summed E-state index contributed by atoms with van der Waals surface area (Å²) in [6.45, 7) is 6.01. The molecule has 1 fully saturated rings. The molecule has 1 atom stereocenters. The van der Waals surface area contributed by atoms with Gasteiger partial charge in [-0.2, -0.15) is 0 Å². The molecule has 0 spiro atoms. The van der Waals surface area contributed by atoms with Gasteiger partial charge in [-0.25, -0.2) is 0 Å². The average Bonchev–Trinajstić information content (AvgIpc) is 2.66. The quantitative estimate of drug-likeness (QED) is 0.770. The molecule has 0 aliphatic carbocycles. The van der Waals surface area contributed by atoms with Crippen LogP contribution in [0.5, 0.6) is 0 Å². The van der Waals surface area contributed by atoms with E-state index in [0.29, 0.717) is 5.02 Å². The van der Waals surface area contributed by atoms with Gasteiger partial charge in [0, 0.05) is 35.2 Å². The molecule has 1 aliphatic rings. The molecule has 0 radical (unpaired) electrons. The molecule has 0 aromatic heterocycles. The van der Waals surface area contributed by atoms with Gasteiger partial charge in [0.1, 0.15) is 6.04 Å². The molecule has 0 bridgehead atoms. The third-order valence-corrected chi connectivity index (χ3v) is 5.30. The summed E-state index contributed by atoms with van der Waals surface area (Å²) < 4.78 is 0. The summed E-state index contributed by atoms with van der Waals surface area (Å²) in [7, 11) is 0. The molecule has 1 saturated heterocycles. The van der Waals surface area contributed by atoms with Gasteiger partial charge in [0.05, 0.1) is 0 Å². The lowest BCUT2D eigenvalue weighted by atomic mass is 10.1. The number of benzene rings is 2. The molecule has 1 amide bonds. The van der Waals surface area contributed by atoms with Crippen molar-refractivity contribution < 1.29 is 4.79 Å². The van der Waals surface area contributed by atoms with Crippen LogP contribution < -0.4 is 15.5 Å². The number of halogens is 1. The maximum atomic E-state index is 12.5. The Bertz CT molecular complexity index is 754. The molecule has 138 valence electrons. The number of rotatable bonds is 5. The van der Waals surface area contributed by atoms with E-state index in [0.717, 1.165) is 30.0 Å². The van der Waals surface area contributed by atoms with Gasteiger partial charge in [-0.15, -0.1) is 0 Å². The van der Waals surface area contributed by atoms with Crippen molar-refractivity contribution in [2.45, 2.75) is 39.2 Å². The predicted octanol–water partition coefficient (Wildman–Crippen LogP) is 5.08. The third-order valence-electron chi connectivity index (χ3n) is 4.89. The minimum absolute atomic E-state index is 0.0875. The molecule has 2 aromatic carbocycles. The standard InChI is InChI=1S/C21H26ClN3O/c1-15-19(22)7-6-8-20(15)24-21(26)16(2)23-17-9-11-18(12-10-17)25-13-4-3-5-14-25/h6-12,16,23H,3-5,13-14H2,1-2H3,(H,24,26)/t16-/m1/s1. The van der Waals surface area contributed by atoms with E-state index in [1.165, 1.54) is 24.9 Å². The zero-order chi connectivity index (χ0) is 18.5. The highest BCUT2D eigenvalue weighted by Gasteiger charge is 2.15. The summed E-state index contributed by atoms with van der Waals surface area (Å²) in [6.07, 6.45) is 3.86. The van der Waals surface area contributed by atoms with Crippen LogP contribution in [0.2, 0.25) is 5.02 Å². The summed E-state index contributed by atoms with van der Waals surface area (Å²) in [5.74, 6) is -0.0875. The summed E-state index contributed by atoms with van der Waals surface area (Å²) >= 11 is 6.11. The van der Waals surface area contributed by atoms with Crippen molar-refractivity contribution in [1.29, 1.82) is 0 Å². The largest absolute Gasteiger partial charge is 0.374 e. The Labute approximate surface area is 160 Å². The van der Waals surface area contributed by atoms with E-state index in [1.54, 1.807) is 0 Å². The highest BCUT2D eigenvalue weighted by molar-refractivity contribution is 6.31. The SMILES string of the molecule is Cc1c(Cl)cccc1NC(=O)[C@@H](C)Nc1ccc(N2CCCCC2)cc1. The number of hydrogen-bond acceptors (Lipinski definition) is 3. The molecular formula is C21H26ClN3O. The Hall–Kier alpha value is -2.20. The van der Waals surface area contributed by atoms with E-state index >= 15 is 0 Å². The van der Waals surface area contributed by atoms with Crippen LogP contribution in [0.25, 0.3) is 0 Å². The number of piperidine rings is 1. The normalized spacial score (nSPS) is 15.4. The third kappa shape index (κ3) is 4.50. The lowest BCUT2D eigenvalue weighted by Crippen LogP contribution is -2.32. The van der Waals surface area contributed by atoms with Gasteiger partial charge >= 0.3 is 0 Å². The highest BCUT2D eigenvalue weighted by Crippen LogP contribution is 2.24. The van der Waals surface area contributed by atoms with Crippen molar-refractivity contribution in [3.8, 4) is 0 Å². The number of anilines is 3. The summed E-state index contributed by atoms with van der Waals surface area (Å²) in [5, 5.41) is 6.85. The number of nitrogens with zero attached hydrogens (tertiary/aromatic N) is 1. The summed E-state index contributed by atoms with van der Waals surface area (Å²) in [6, 6.07) is 13.5. The van der Waals surface area contributed by atoms with Crippen LogP contribution >= 0.6 is 11.6 Å². The summed E-state index contributed by atoms with van der Waals surface area (Å²) in [5.41, 5.74) is 3.82. The molecule has 0 saturated carbocycles. The Morgan fingerprint density at radius 3 is 2.46 bits per heavy atom. The zero-order valence-corrected chi connectivity index (χ0v) is 16.1. The van der Waals surface area contributed by atoms with Crippen molar-refractivity contribution in [3.63, 3.8) is 0 Å². The van der Waals surface area contributed by atoms with Gasteiger partial charge < -0.3 is 15.5 Å². The fraction of sp³-hybridized carbons (Fsp3) is 0.381. The molecule has 3 rings (SSSR count). The van der Waals surface area contributed by atoms with Crippen molar-refractivity contribution in [3.05, 3.63) is 53.1 Å². The highest BCUT2D eigenvalue weighted by atomic mass is 35.5. The zero-order valence-electron chi connectivity index (χ0n) is 15.4. The second-order valence-electron chi connectivity index (χ2n) is 6.86. The van der Waals surface area contributed by atoms with Gasteiger partial charge in [-0.3, -0.25) is 4.79 Å². The maximum Gasteiger partial charge on any atom is 0.246 e. The number of nitrogens with one attached hydrogen (secondary N) is 2. The molecule has 5 heteroatoms. The average molecular weight is 372 g/mol. The second kappa shape index (κ2) is 8.45. The first-order valence-electron chi connectivity index (χ1n) is 9.22. The Kier molecular flexibility index (Phi) is 6.04. The van der Waals surface area contributed by atoms with Crippen LogP contribution in [-0.4, -0.2) is 25.0 Å². The minimum atomic E-state index is -0.353. The van der Waals surface area contributed by atoms with Gasteiger partial charge in [-0.05, 0) is 75.1 Å². The molecule has 1 heterocycles. The van der Waals surface area contributed by atoms with E-state index < -0.39 is 0 Å². The molecule has 1 aliphatic heterocycles. The predicted molar refractivity (Wildman–Crippen MR) is 110 cm³/mol. The Morgan fingerprint density at radius 2 is 1.77 bits per heavy atom. The van der Waals surface area contributed by atoms with Gasteiger partial charge in [0.25, 0.3) is 0 Å². The van der Waals surface area contributed by atoms with Gasteiger partial charge in [-0.1, -0.05) is 17.7 Å².